The van der Waals surface area contributed by atoms with Crippen molar-refractivity contribution in [2.24, 2.45) is 5.73 Å². The number of nitrogens with zero attached hydrogens (tertiary/aromatic N) is 2. The Bertz CT molecular complexity index is 505. The fourth-order valence-corrected chi connectivity index (χ4v) is 1.91. The van der Waals surface area contributed by atoms with E-state index in [1.807, 2.05) is 10.8 Å². The molecule has 0 unspecified atom stereocenters. The molecule has 0 amide bonds. The van der Waals surface area contributed by atoms with Gasteiger partial charge in [0.25, 0.3) is 0 Å². The first-order chi connectivity index (χ1) is 8.26. The van der Waals surface area contributed by atoms with Crippen molar-refractivity contribution < 1.29 is 4.39 Å². The molecule has 2 aromatic rings. The molecule has 2 rings (SSSR count). The topological polar surface area (TPSA) is 43.8 Å². The van der Waals surface area contributed by atoms with E-state index in [1.54, 1.807) is 12.3 Å². The first-order valence-corrected chi connectivity index (χ1v) is 5.76. The second-order valence-electron chi connectivity index (χ2n) is 3.95. The summed E-state index contributed by atoms with van der Waals surface area (Å²) in [7, 11) is 0. The van der Waals surface area contributed by atoms with Gasteiger partial charge in [-0.1, -0.05) is 13.0 Å². The van der Waals surface area contributed by atoms with Crippen LogP contribution in [-0.4, -0.2) is 9.55 Å². The van der Waals surface area contributed by atoms with Crippen LogP contribution >= 0.6 is 0 Å². The molecule has 0 aliphatic carbocycles. The van der Waals surface area contributed by atoms with E-state index in [4.69, 9.17) is 5.73 Å². The lowest BCUT2D eigenvalue weighted by Gasteiger charge is -2.10. The van der Waals surface area contributed by atoms with Crippen molar-refractivity contribution in [1.82, 2.24) is 9.55 Å². The average Bonchev–Trinajstić information content (AvgIpc) is 2.77. The third-order valence-electron chi connectivity index (χ3n) is 2.71. The van der Waals surface area contributed by atoms with Gasteiger partial charge in [0, 0.05) is 31.0 Å². The van der Waals surface area contributed by atoms with Crippen LogP contribution in [0.1, 0.15) is 18.9 Å². The van der Waals surface area contributed by atoms with E-state index in [1.165, 1.54) is 12.1 Å². The number of nitrogens with two attached hydrogens (primary N) is 1. The van der Waals surface area contributed by atoms with Crippen LogP contribution < -0.4 is 5.73 Å². The molecule has 90 valence electrons. The monoisotopic (exact) mass is 233 g/mol. The smallest absolute Gasteiger partial charge is 0.140 e. The minimum absolute atomic E-state index is 0.261. The molecular formula is C13H16FN3. The van der Waals surface area contributed by atoms with E-state index in [2.05, 4.69) is 11.9 Å². The first kappa shape index (κ1) is 11.8. The largest absolute Gasteiger partial charge is 0.331 e. The molecule has 0 saturated heterocycles. The van der Waals surface area contributed by atoms with Crippen LogP contribution in [0.5, 0.6) is 0 Å². The standard InChI is InChI=1S/C13H16FN3/c1-2-6-17-7-5-16-13(17)12-8-11(14)4-3-10(12)9-15/h3-5,7-8H,2,6,9,15H2,1H3. The maximum Gasteiger partial charge on any atom is 0.140 e. The summed E-state index contributed by atoms with van der Waals surface area (Å²) >= 11 is 0. The predicted octanol–water partition coefficient (Wildman–Crippen LogP) is 2.56. The summed E-state index contributed by atoms with van der Waals surface area (Å²) in [6.07, 6.45) is 4.65. The van der Waals surface area contributed by atoms with Crippen LogP contribution in [0.25, 0.3) is 11.4 Å². The molecule has 1 aromatic heterocycles. The second-order valence-corrected chi connectivity index (χ2v) is 3.95. The molecule has 0 atom stereocenters. The summed E-state index contributed by atoms with van der Waals surface area (Å²) in [5.74, 6) is 0.523. The predicted molar refractivity (Wildman–Crippen MR) is 65.8 cm³/mol. The number of imidazole rings is 1. The number of benzene rings is 1. The van der Waals surface area contributed by atoms with Crippen LogP contribution in [0.15, 0.2) is 30.6 Å². The summed E-state index contributed by atoms with van der Waals surface area (Å²) < 4.78 is 15.3. The summed E-state index contributed by atoms with van der Waals surface area (Å²) in [6, 6.07) is 4.64. The summed E-state index contributed by atoms with van der Waals surface area (Å²) in [5.41, 5.74) is 7.37. The Hall–Kier alpha value is -1.68. The zero-order valence-electron chi connectivity index (χ0n) is 9.86. The van der Waals surface area contributed by atoms with Crippen LogP contribution in [0.2, 0.25) is 0 Å². The summed E-state index contributed by atoms with van der Waals surface area (Å²) in [6.45, 7) is 3.35. The molecule has 1 heterocycles. The van der Waals surface area contributed by atoms with Crippen LogP contribution in [0, 0.1) is 5.82 Å². The maximum absolute atomic E-state index is 13.3. The lowest BCUT2D eigenvalue weighted by molar-refractivity contribution is 0.626. The van der Waals surface area contributed by atoms with Gasteiger partial charge in [0.15, 0.2) is 0 Å². The fourth-order valence-electron chi connectivity index (χ4n) is 1.91. The molecule has 2 N–H and O–H groups in total. The third kappa shape index (κ3) is 2.36. The van der Waals surface area contributed by atoms with E-state index >= 15 is 0 Å². The molecule has 17 heavy (non-hydrogen) atoms. The Morgan fingerprint density at radius 2 is 2.24 bits per heavy atom. The van der Waals surface area contributed by atoms with Gasteiger partial charge in [-0.15, -0.1) is 0 Å². The second kappa shape index (κ2) is 5.10. The highest BCUT2D eigenvalue weighted by Gasteiger charge is 2.10. The van der Waals surface area contributed by atoms with E-state index in [0.717, 1.165) is 29.9 Å². The van der Waals surface area contributed by atoms with Gasteiger partial charge in [-0.2, -0.15) is 0 Å². The van der Waals surface area contributed by atoms with Gasteiger partial charge in [0.2, 0.25) is 0 Å². The minimum atomic E-state index is -0.261. The number of rotatable bonds is 4. The van der Waals surface area contributed by atoms with E-state index in [9.17, 15) is 4.39 Å². The highest BCUT2D eigenvalue weighted by molar-refractivity contribution is 5.60. The SMILES string of the molecule is CCCn1ccnc1-c1cc(F)ccc1CN. The van der Waals surface area contributed by atoms with Crippen LogP contribution in [0.4, 0.5) is 4.39 Å². The van der Waals surface area contributed by atoms with Gasteiger partial charge in [0.05, 0.1) is 0 Å². The highest BCUT2D eigenvalue weighted by atomic mass is 19.1. The molecule has 0 saturated carbocycles. The number of halogens is 1. The van der Waals surface area contributed by atoms with Crippen molar-refractivity contribution in [3.8, 4) is 11.4 Å². The number of aromatic nitrogens is 2. The Balaban J connectivity index is 2.51. The number of hydrogen-bond acceptors (Lipinski definition) is 2. The highest BCUT2D eigenvalue weighted by Crippen LogP contribution is 2.23. The molecule has 0 spiro atoms. The number of hydrogen-bond donors (Lipinski definition) is 1. The Morgan fingerprint density at radius 1 is 1.41 bits per heavy atom. The van der Waals surface area contributed by atoms with Gasteiger partial charge in [0.1, 0.15) is 11.6 Å². The lowest BCUT2D eigenvalue weighted by atomic mass is 10.1. The minimum Gasteiger partial charge on any atom is -0.331 e. The first-order valence-electron chi connectivity index (χ1n) is 5.76. The molecular weight excluding hydrogens is 217 g/mol. The third-order valence-corrected chi connectivity index (χ3v) is 2.71. The number of aryl methyl sites for hydroxylation is 1. The molecule has 0 aliphatic heterocycles. The molecule has 0 radical (unpaired) electrons. The molecule has 4 heteroatoms. The fraction of sp³-hybridized carbons (Fsp3) is 0.308. The molecule has 0 fully saturated rings. The molecule has 1 aromatic carbocycles. The van der Waals surface area contributed by atoms with Crippen molar-refractivity contribution in [2.75, 3.05) is 0 Å². The van der Waals surface area contributed by atoms with Gasteiger partial charge in [-0.25, -0.2) is 9.37 Å². The molecule has 0 aliphatic rings. The van der Waals surface area contributed by atoms with Crippen LogP contribution in [-0.2, 0) is 13.1 Å². The van der Waals surface area contributed by atoms with Crippen LogP contribution in [0.3, 0.4) is 0 Å². The van der Waals surface area contributed by atoms with Crippen molar-refractivity contribution in [3.05, 3.63) is 42.0 Å². The van der Waals surface area contributed by atoms with Gasteiger partial charge < -0.3 is 10.3 Å². The quantitative estimate of drug-likeness (QED) is 0.882. The lowest BCUT2D eigenvalue weighted by Crippen LogP contribution is -2.04. The summed E-state index contributed by atoms with van der Waals surface area (Å²) in [5, 5.41) is 0. The van der Waals surface area contributed by atoms with Gasteiger partial charge in [-0.05, 0) is 24.1 Å². The zero-order valence-corrected chi connectivity index (χ0v) is 9.86. The summed E-state index contributed by atoms with van der Waals surface area (Å²) in [4.78, 5) is 4.30. The van der Waals surface area contributed by atoms with E-state index < -0.39 is 0 Å². The van der Waals surface area contributed by atoms with E-state index in [0.29, 0.717) is 6.54 Å². The Kier molecular flexibility index (Phi) is 3.54. The molecule has 3 nitrogen and oxygen atoms in total. The van der Waals surface area contributed by atoms with Crippen molar-refractivity contribution in [2.45, 2.75) is 26.4 Å². The normalized spacial score (nSPS) is 10.8. The average molecular weight is 233 g/mol. The Morgan fingerprint density at radius 3 is 2.94 bits per heavy atom. The van der Waals surface area contributed by atoms with Gasteiger partial charge in [-0.3, -0.25) is 0 Å². The van der Waals surface area contributed by atoms with E-state index in [-0.39, 0.29) is 5.82 Å². The molecule has 0 bridgehead atoms. The zero-order chi connectivity index (χ0) is 12.3. The van der Waals surface area contributed by atoms with Crippen molar-refractivity contribution in [3.63, 3.8) is 0 Å². The van der Waals surface area contributed by atoms with Crippen molar-refractivity contribution >= 4 is 0 Å². The van der Waals surface area contributed by atoms with Gasteiger partial charge >= 0.3 is 0 Å². The Labute approximate surface area is 100 Å². The van der Waals surface area contributed by atoms with Crippen molar-refractivity contribution in [1.29, 1.82) is 0 Å². The maximum atomic E-state index is 13.3.